The second-order valence-electron chi connectivity index (χ2n) is 6.38. The van der Waals surface area contributed by atoms with E-state index < -0.39 is 5.60 Å². The molecule has 2 rings (SSSR count). The van der Waals surface area contributed by atoms with Crippen LogP contribution in [0, 0.1) is 5.92 Å². The van der Waals surface area contributed by atoms with Gasteiger partial charge in [-0.1, -0.05) is 19.8 Å². The molecule has 1 aliphatic heterocycles. The Morgan fingerprint density at radius 3 is 2.65 bits per heavy atom. The lowest BCUT2D eigenvalue weighted by Gasteiger charge is -2.38. The van der Waals surface area contributed by atoms with E-state index >= 15 is 0 Å². The van der Waals surface area contributed by atoms with Crippen LogP contribution in [-0.4, -0.2) is 48.3 Å². The Kier molecular flexibility index (Phi) is 4.45. The summed E-state index contributed by atoms with van der Waals surface area (Å²) in [6, 6.07) is 0.618. The van der Waals surface area contributed by atoms with Crippen LogP contribution in [0.25, 0.3) is 0 Å². The van der Waals surface area contributed by atoms with Gasteiger partial charge in [0.25, 0.3) is 0 Å². The van der Waals surface area contributed by atoms with Crippen LogP contribution in [0.5, 0.6) is 0 Å². The van der Waals surface area contributed by atoms with E-state index in [0.717, 1.165) is 19.4 Å². The van der Waals surface area contributed by atoms with E-state index in [9.17, 15) is 5.11 Å². The van der Waals surface area contributed by atoms with Crippen LogP contribution in [0.2, 0.25) is 0 Å². The maximum absolute atomic E-state index is 10.6. The minimum atomic E-state index is -0.430. The number of hydrogen-bond acceptors (Lipinski definition) is 3. The molecule has 0 aromatic rings. The van der Waals surface area contributed by atoms with Crippen molar-refractivity contribution in [3.8, 4) is 0 Å². The second kappa shape index (κ2) is 5.68. The van der Waals surface area contributed by atoms with Crippen molar-refractivity contribution in [3.05, 3.63) is 0 Å². The molecule has 1 saturated carbocycles. The van der Waals surface area contributed by atoms with Gasteiger partial charge in [-0.3, -0.25) is 0 Å². The molecule has 1 aliphatic carbocycles. The molecule has 1 heterocycles. The van der Waals surface area contributed by atoms with Crippen LogP contribution in [0.15, 0.2) is 0 Å². The van der Waals surface area contributed by atoms with Crippen LogP contribution < -0.4 is 5.32 Å². The van der Waals surface area contributed by atoms with Crippen LogP contribution >= 0.6 is 0 Å². The number of likely N-dealkylation sites (tertiary alicyclic amines) is 1. The van der Waals surface area contributed by atoms with Crippen molar-refractivity contribution in [2.45, 2.75) is 57.1 Å². The zero-order valence-electron chi connectivity index (χ0n) is 11.4. The van der Waals surface area contributed by atoms with E-state index in [2.05, 4.69) is 24.2 Å². The van der Waals surface area contributed by atoms with Gasteiger partial charge in [-0.2, -0.15) is 0 Å². The topological polar surface area (TPSA) is 35.5 Å². The molecule has 0 amide bonds. The van der Waals surface area contributed by atoms with E-state index in [4.69, 9.17) is 0 Å². The summed E-state index contributed by atoms with van der Waals surface area (Å²) in [5, 5.41) is 14.1. The third kappa shape index (κ3) is 3.94. The molecule has 2 unspecified atom stereocenters. The molecular weight excluding hydrogens is 212 g/mol. The third-order valence-corrected chi connectivity index (χ3v) is 4.51. The summed E-state index contributed by atoms with van der Waals surface area (Å²) in [5.41, 5.74) is -0.430. The summed E-state index contributed by atoms with van der Waals surface area (Å²) >= 11 is 0. The van der Waals surface area contributed by atoms with Crippen molar-refractivity contribution in [1.82, 2.24) is 10.2 Å². The Morgan fingerprint density at radius 1 is 1.29 bits per heavy atom. The van der Waals surface area contributed by atoms with Gasteiger partial charge in [-0.05, 0) is 51.7 Å². The molecule has 2 aliphatic rings. The number of hydrogen-bond donors (Lipinski definition) is 2. The fourth-order valence-corrected chi connectivity index (χ4v) is 3.34. The summed E-state index contributed by atoms with van der Waals surface area (Å²) in [7, 11) is 2.19. The lowest BCUT2D eigenvalue weighted by molar-refractivity contribution is -0.0150. The van der Waals surface area contributed by atoms with Gasteiger partial charge in [-0.25, -0.2) is 0 Å². The zero-order chi connectivity index (χ0) is 12.3. The van der Waals surface area contributed by atoms with Gasteiger partial charge in [0.05, 0.1) is 5.60 Å². The highest BCUT2D eigenvalue weighted by molar-refractivity contribution is 4.89. The van der Waals surface area contributed by atoms with Gasteiger partial charge in [-0.15, -0.1) is 0 Å². The fourth-order valence-electron chi connectivity index (χ4n) is 3.34. The standard InChI is InChI=1S/C14H28N2O/c1-12-4-3-7-14(17,10-12)11-15-13-5-8-16(2)9-6-13/h12-13,15,17H,3-11H2,1-2H3. The summed E-state index contributed by atoms with van der Waals surface area (Å²) in [6.07, 6.45) is 6.89. The Morgan fingerprint density at radius 2 is 2.00 bits per heavy atom. The first kappa shape index (κ1) is 13.3. The highest BCUT2D eigenvalue weighted by atomic mass is 16.3. The predicted octanol–water partition coefficient (Wildman–Crippen LogP) is 1.61. The molecule has 2 N–H and O–H groups in total. The molecule has 3 heteroatoms. The maximum Gasteiger partial charge on any atom is 0.0774 e. The molecule has 3 nitrogen and oxygen atoms in total. The number of nitrogens with zero attached hydrogens (tertiary/aromatic N) is 1. The SMILES string of the molecule is CC1CCCC(O)(CNC2CCN(C)CC2)C1. The van der Waals surface area contributed by atoms with E-state index in [0.29, 0.717) is 12.0 Å². The Hall–Kier alpha value is -0.120. The zero-order valence-corrected chi connectivity index (χ0v) is 11.4. The van der Waals surface area contributed by atoms with Gasteiger partial charge in [0.2, 0.25) is 0 Å². The van der Waals surface area contributed by atoms with E-state index in [1.165, 1.54) is 38.8 Å². The van der Waals surface area contributed by atoms with Gasteiger partial charge >= 0.3 is 0 Å². The fraction of sp³-hybridized carbons (Fsp3) is 1.00. The van der Waals surface area contributed by atoms with Gasteiger partial charge in [0.1, 0.15) is 0 Å². The van der Waals surface area contributed by atoms with Crippen LogP contribution in [0.1, 0.15) is 45.4 Å². The normalized spacial score (nSPS) is 37.2. The highest BCUT2D eigenvalue weighted by Crippen LogP contribution is 2.31. The van der Waals surface area contributed by atoms with E-state index in [-0.39, 0.29) is 0 Å². The van der Waals surface area contributed by atoms with Gasteiger partial charge < -0.3 is 15.3 Å². The van der Waals surface area contributed by atoms with Crippen molar-refractivity contribution in [1.29, 1.82) is 0 Å². The molecule has 1 saturated heterocycles. The molecule has 0 spiro atoms. The van der Waals surface area contributed by atoms with Crippen molar-refractivity contribution in [3.63, 3.8) is 0 Å². The maximum atomic E-state index is 10.6. The number of piperidine rings is 1. The Balaban J connectivity index is 1.73. The average Bonchev–Trinajstić information content (AvgIpc) is 2.28. The predicted molar refractivity (Wildman–Crippen MR) is 71.1 cm³/mol. The Bertz CT molecular complexity index is 238. The molecule has 0 aromatic heterocycles. The molecule has 2 atom stereocenters. The quantitative estimate of drug-likeness (QED) is 0.787. The van der Waals surface area contributed by atoms with Crippen molar-refractivity contribution in [2.75, 3.05) is 26.7 Å². The van der Waals surface area contributed by atoms with Crippen molar-refractivity contribution >= 4 is 0 Å². The highest BCUT2D eigenvalue weighted by Gasteiger charge is 2.33. The monoisotopic (exact) mass is 240 g/mol. The number of rotatable bonds is 3. The lowest BCUT2D eigenvalue weighted by Crippen LogP contribution is -2.49. The number of nitrogens with one attached hydrogen (secondary N) is 1. The molecule has 0 radical (unpaired) electrons. The second-order valence-corrected chi connectivity index (χ2v) is 6.38. The lowest BCUT2D eigenvalue weighted by atomic mass is 9.79. The summed E-state index contributed by atoms with van der Waals surface area (Å²) in [5.74, 6) is 0.688. The summed E-state index contributed by atoms with van der Waals surface area (Å²) < 4.78 is 0. The number of aliphatic hydroxyl groups is 1. The first-order valence-corrected chi connectivity index (χ1v) is 7.22. The third-order valence-electron chi connectivity index (χ3n) is 4.51. The first-order valence-electron chi connectivity index (χ1n) is 7.22. The molecule has 100 valence electrons. The molecule has 0 bridgehead atoms. The van der Waals surface area contributed by atoms with Crippen LogP contribution in [0.4, 0.5) is 0 Å². The van der Waals surface area contributed by atoms with Crippen molar-refractivity contribution in [2.24, 2.45) is 5.92 Å². The average molecular weight is 240 g/mol. The molecule has 2 fully saturated rings. The minimum Gasteiger partial charge on any atom is -0.389 e. The largest absolute Gasteiger partial charge is 0.389 e. The van der Waals surface area contributed by atoms with Crippen LogP contribution in [-0.2, 0) is 0 Å². The molecule has 17 heavy (non-hydrogen) atoms. The minimum absolute atomic E-state index is 0.430. The van der Waals surface area contributed by atoms with E-state index in [1.54, 1.807) is 0 Å². The van der Waals surface area contributed by atoms with Gasteiger partial charge in [0, 0.05) is 12.6 Å². The van der Waals surface area contributed by atoms with Crippen molar-refractivity contribution < 1.29 is 5.11 Å². The summed E-state index contributed by atoms with van der Waals surface area (Å²) in [6.45, 7) is 5.43. The van der Waals surface area contributed by atoms with Crippen LogP contribution in [0.3, 0.4) is 0 Å². The first-order chi connectivity index (χ1) is 8.07. The smallest absolute Gasteiger partial charge is 0.0774 e. The molecular formula is C14H28N2O. The molecule has 0 aromatic carbocycles. The summed E-state index contributed by atoms with van der Waals surface area (Å²) in [4.78, 5) is 2.38. The van der Waals surface area contributed by atoms with E-state index in [1.807, 2.05) is 0 Å². The van der Waals surface area contributed by atoms with Gasteiger partial charge in [0.15, 0.2) is 0 Å². The Labute approximate surface area is 106 Å².